The Labute approximate surface area is 111 Å². The van der Waals surface area contributed by atoms with Crippen molar-refractivity contribution in [3.8, 4) is 0 Å². The molecular weight excluding hydrogens is 275 g/mol. The van der Waals surface area contributed by atoms with E-state index in [-0.39, 0.29) is 17.2 Å². The van der Waals surface area contributed by atoms with Crippen molar-refractivity contribution in [2.75, 3.05) is 5.32 Å². The van der Waals surface area contributed by atoms with Gasteiger partial charge in [0.05, 0.1) is 0 Å². The van der Waals surface area contributed by atoms with Gasteiger partial charge < -0.3 is 5.32 Å². The number of aromatic nitrogens is 2. The SMILES string of the molecule is CC(=O)Nc1ccn2c(=O)c(C)c(C(F)(F)F)nc2c1. The molecule has 0 aliphatic rings. The quantitative estimate of drug-likeness (QED) is 0.871. The molecule has 0 unspecified atom stereocenters. The number of nitrogens with one attached hydrogen (secondary N) is 1. The molecule has 0 saturated carbocycles. The fourth-order valence-corrected chi connectivity index (χ4v) is 1.78. The highest BCUT2D eigenvalue weighted by atomic mass is 19.4. The molecule has 106 valence electrons. The van der Waals surface area contributed by atoms with Gasteiger partial charge in [0.2, 0.25) is 5.91 Å². The highest BCUT2D eigenvalue weighted by Crippen LogP contribution is 2.29. The minimum absolute atomic E-state index is 0.181. The van der Waals surface area contributed by atoms with Gasteiger partial charge in [-0.1, -0.05) is 0 Å². The molecule has 0 fully saturated rings. The Hall–Kier alpha value is -2.38. The Morgan fingerprint density at radius 2 is 2.05 bits per heavy atom. The van der Waals surface area contributed by atoms with Gasteiger partial charge in [-0.25, -0.2) is 4.98 Å². The number of hydrogen-bond donors (Lipinski definition) is 1. The zero-order chi connectivity index (χ0) is 15.1. The van der Waals surface area contributed by atoms with Crippen molar-refractivity contribution in [2.24, 2.45) is 0 Å². The molecule has 0 saturated heterocycles. The van der Waals surface area contributed by atoms with Gasteiger partial charge in [-0.2, -0.15) is 13.2 Å². The van der Waals surface area contributed by atoms with E-state index in [1.165, 1.54) is 25.3 Å². The van der Waals surface area contributed by atoms with Crippen LogP contribution >= 0.6 is 0 Å². The topological polar surface area (TPSA) is 63.5 Å². The van der Waals surface area contributed by atoms with Gasteiger partial charge in [0, 0.05) is 30.4 Å². The molecule has 5 nitrogen and oxygen atoms in total. The lowest BCUT2D eigenvalue weighted by atomic mass is 10.2. The van der Waals surface area contributed by atoms with E-state index in [9.17, 15) is 22.8 Å². The number of alkyl halides is 3. The third kappa shape index (κ3) is 2.49. The van der Waals surface area contributed by atoms with E-state index in [0.29, 0.717) is 0 Å². The summed E-state index contributed by atoms with van der Waals surface area (Å²) in [6, 6.07) is 2.61. The number of rotatable bonds is 1. The van der Waals surface area contributed by atoms with E-state index >= 15 is 0 Å². The van der Waals surface area contributed by atoms with Crippen LogP contribution in [-0.2, 0) is 11.0 Å². The summed E-state index contributed by atoms with van der Waals surface area (Å²) in [6.07, 6.45) is -3.44. The summed E-state index contributed by atoms with van der Waals surface area (Å²) in [6.45, 7) is 2.34. The normalized spacial score (nSPS) is 11.7. The van der Waals surface area contributed by atoms with Crippen LogP contribution in [0.15, 0.2) is 23.1 Å². The molecule has 2 rings (SSSR count). The van der Waals surface area contributed by atoms with Crippen LogP contribution in [0.2, 0.25) is 0 Å². The van der Waals surface area contributed by atoms with Gasteiger partial charge >= 0.3 is 6.18 Å². The zero-order valence-electron chi connectivity index (χ0n) is 10.6. The summed E-state index contributed by atoms with van der Waals surface area (Å²) in [7, 11) is 0. The molecule has 1 N–H and O–H groups in total. The van der Waals surface area contributed by atoms with Crippen molar-refractivity contribution in [2.45, 2.75) is 20.0 Å². The Morgan fingerprint density at radius 3 is 2.60 bits per heavy atom. The Kier molecular flexibility index (Phi) is 3.24. The molecule has 0 aromatic carbocycles. The van der Waals surface area contributed by atoms with E-state index in [2.05, 4.69) is 10.3 Å². The molecule has 20 heavy (non-hydrogen) atoms. The maximum atomic E-state index is 12.8. The molecule has 0 bridgehead atoms. The second-order valence-corrected chi connectivity index (χ2v) is 4.21. The molecule has 0 aliphatic carbocycles. The summed E-state index contributed by atoms with van der Waals surface area (Å²) in [5, 5.41) is 2.41. The fourth-order valence-electron chi connectivity index (χ4n) is 1.78. The van der Waals surface area contributed by atoms with Crippen molar-refractivity contribution in [3.05, 3.63) is 39.9 Å². The number of anilines is 1. The van der Waals surface area contributed by atoms with Gasteiger partial charge in [-0.15, -0.1) is 0 Å². The first-order valence-electron chi connectivity index (χ1n) is 5.58. The lowest BCUT2D eigenvalue weighted by molar-refractivity contribution is -0.141. The average Bonchev–Trinajstić information content (AvgIpc) is 2.31. The first kappa shape index (κ1) is 14.0. The van der Waals surface area contributed by atoms with Gasteiger partial charge in [0.15, 0.2) is 5.69 Å². The molecule has 0 aliphatic heterocycles. The first-order valence-corrected chi connectivity index (χ1v) is 5.58. The number of halogens is 3. The van der Waals surface area contributed by atoms with Crippen molar-refractivity contribution < 1.29 is 18.0 Å². The molecule has 2 heterocycles. The molecule has 2 aromatic heterocycles. The summed E-state index contributed by atoms with van der Waals surface area (Å²) in [4.78, 5) is 26.2. The fraction of sp³-hybridized carbons (Fsp3) is 0.250. The molecule has 2 aromatic rings. The third-order valence-corrected chi connectivity index (χ3v) is 2.64. The van der Waals surface area contributed by atoms with Crippen LogP contribution in [0.5, 0.6) is 0 Å². The number of pyridine rings is 1. The molecule has 0 radical (unpaired) electrons. The maximum absolute atomic E-state index is 12.8. The third-order valence-electron chi connectivity index (χ3n) is 2.64. The van der Waals surface area contributed by atoms with Crippen molar-refractivity contribution in [1.29, 1.82) is 0 Å². The van der Waals surface area contributed by atoms with Crippen molar-refractivity contribution >= 4 is 17.2 Å². The number of fused-ring (bicyclic) bond motifs is 1. The second kappa shape index (κ2) is 4.62. The minimum atomic E-state index is -4.71. The van der Waals surface area contributed by atoms with E-state index in [0.717, 1.165) is 11.3 Å². The van der Waals surface area contributed by atoms with Crippen molar-refractivity contribution in [1.82, 2.24) is 9.38 Å². The van der Waals surface area contributed by atoms with Gasteiger partial charge in [-0.3, -0.25) is 14.0 Å². The summed E-state index contributed by atoms with van der Waals surface area (Å²) in [5.74, 6) is -0.375. The smallest absolute Gasteiger partial charge is 0.326 e. The molecule has 0 spiro atoms. The predicted molar refractivity (Wildman–Crippen MR) is 65.5 cm³/mol. The van der Waals surface area contributed by atoms with Gasteiger partial charge in [-0.05, 0) is 13.0 Å². The number of carbonyl (C=O) groups excluding carboxylic acids is 1. The number of amides is 1. The minimum Gasteiger partial charge on any atom is -0.326 e. The zero-order valence-corrected chi connectivity index (χ0v) is 10.6. The largest absolute Gasteiger partial charge is 0.433 e. The summed E-state index contributed by atoms with van der Waals surface area (Å²) >= 11 is 0. The summed E-state index contributed by atoms with van der Waals surface area (Å²) < 4.78 is 39.4. The monoisotopic (exact) mass is 285 g/mol. The van der Waals surface area contributed by atoms with E-state index in [1.807, 2.05) is 0 Å². The van der Waals surface area contributed by atoms with E-state index < -0.39 is 23.0 Å². The average molecular weight is 285 g/mol. The van der Waals surface area contributed by atoms with E-state index in [1.54, 1.807) is 0 Å². The molecular formula is C12H10F3N3O2. The number of nitrogens with zero attached hydrogens (tertiary/aromatic N) is 2. The lowest BCUT2D eigenvalue weighted by Gasteiger charge is -2.11. The van der Waals surface area contributed by atoms with Crippen LogP contribution in [0.4, 0.5) is 18.9 Å². The highest BCUT2D eigenvalue weighted by Gasteiger charge is 2.36. The van der Waals surface area contributed by atoms with Crippen LogP contribution in [0, 0.1) is 6.92 Å². The van der Waals surface area contributed by atoms with Crippen LogP contribution in [-0.4, -0.2) is 15.3 Å². The Balaban J connectivity index is 2.72. The second-order valence-electron chi connectivity index (χ2n) is 4.21. The molecule has 1 amide bonds. The lowest BCUT2D eigenvalue weighted by Crippen LogP contribution is -2.24. The molecule has 0 atom stereocenters. The van der Waals surface area contributed by atoms with Crippen LogP contribution in [0.25, 0.3) is 5.65 Å². The Morgan fingerprint density at radius 1 is 1.40 bits per heavy atom. The van der Waals surface area contributed by atoms with Gasteiger partial charge in [0.1, 0.15) is 5.65 Å². The first-order chi connectivity index (χ1) is 9.20. The van der Waals surface area contributed by atoms with Crippen LogP contribution in [0.3, 0.4) is 0 Å². The van der Waals surface area contributed by atoms with Gasteiger partial charge in [0.25, 0.3) is 5.56 Å². The molecule has 8 heteroatoms. The van der Waals surface area contributed by atoms with Crippen LogP contribution in [0.1, 0.15) is 18.2 Å². The highest BCUT2D eigenvalue weighted by molar-refractivity contribution is 5.89. The number of hydrogen-bond acceptors (Lipinski definition) is 3. The van der Waals surface area contributed by atoms with Crippen molar-refractivity contribution in [3.63, 3.8) is 0 Å². The summed E-state index contributed by atoms with van der Waals surface area (Å²) in [5.41, 5.74) is -2.40. The van der Waals surface area contributed by atoms with Crippen LogP contribution < -0.4 is 10.9 Å². The standard InChI is InChI=1S/C12H10F3N3O2/c1-6-10(12(13,14)15)17-9-5-8(16-7(2)19)3-4-18(9)11(6)20/h3-5H,1-2H3,(H,16,19). The number of carbonyl (C=O) groups is 1. The Bertz CT molecular complexity index is 750. The van der Waals surface area contributed by atoms with E-state index in [4.69, 9.17) is 0 Å². The maximum Gasteiger partial charge on any atom is 0.433 e. The predicted octanol–water partition coefficient (Wildman–Crippen LogP) is 1.98.